The summed E-state index contributed by atoms with van der Waals surface area (Å²) in [5.74, 6) is 2.79. The highest BCUT2D eigenvalue weighted by Gasteiger charge is 2.17. The maximum Gasteiger partial charge on any atom is 0.216 e. The van der Waals surface area contributed by atoms with Crippen LogP contribution in [-0.4, -0.2) is 49.5 Å². The first kappa shape index (κ1) is 21.1. The van der Waals surface area contributed by atoms with Crippen LogP contribution in [0, 0.1) is 4.77 Å². The van der Waals surface area contributed by atoms with E-state index in [9.17, 15) is 0 Å². The molecular formula is C21H22N4O4S. The molecule has 0 radical (unpaired) electrons. The van der Waals surface area contributed by atoms with Gasteiger partial charge in [-0.15, -0.1) is 0 Å². The van der Waals surface area contributed by atoms with Crippen LogP contribution in [0.5, 0.6) is 23.0 Å². The van der Waals surface area contributed by atoms with Crippen LogP contribution in [0.1, 0.15) is 5.56 Å². The molecule has 8 nitrogen and oxygen atoms in total. The minimum Gasteiger partial charge on any atom is -0.496 e. The number of benzene rings is 2. The van der Waals surface area contributed by atoms with Gasteiger partial charge < -0.3 is 18.9 Å². The van der Waals surface area contributed by atoms with Crippen LogP contribution in [0.3, 0.4) is 0 Å². The summed E-state index contributed by atoms with van der Waals surface area (Å²) in [5.41, 5.74) is 1.63. The summed E-state index contributed by atoms with van der Waals surface area (Å²) in [6.07, 6.45) is 5.32. The van der Waals surface area contributed by atoms with Crippen molar-refractivity contribution in [3.63, 3.8) is 0 Å². The molecule has 0 fully saturated rings. The van der Waals surface area contributed by atoms with Gasteiger partial charge in [-0.05, 0) is 42.6 Å². The lowest BCUT2D eigenvalue weighted by molar-refractivity contribution is 0.324. The van der Waals surface area contributed by atoms with Gasteiger partial charge in [0.05, 0.1) is 28.4 Å². The van der Waals surface area contributed by atoms with Gasteiger partial charge in [0.25, 0.3) is 0 Å². The molecule has 2 aromatic carbocycles. The maximum absolute atomic E-state index is 5.42. The topological polar surface area (TPSA) is 82.9 Å². The van der Waals surface area contributed by atoms with E-state index in [1.807, 2.05) is 30.3 Å². The third kappa shape index (κ3) is 4.36. The zero-order valence-electron chi connectivity index (χ0n) is 17.1. The van der Waals surface area contributed by atoms with Crippen molar-refractivity contribution in [1.82, 2.24) is 14.9 Å². The highest BCUT2D eigenvalue weighted by molar-refractivity contribution is 7.71. The van der Waals surface area contributed by atoms with Crippen molar-refractivity contribution in [2.75, 3.05) is 28.4 Å². The smallest absolute Gasteiger partial charge is 0.216 e. The number of allylic oxidation sites excluding steroid dienone is 1. The fourth-order valence-corrected chi connectivity index (χ4v) is 3.03. The summed E-state index contributed by atoms with van der Waals surface area (Å²) in [7, 11) is 6.29. The second kappa shape index (κ2) is 9.75. The monoisotopic (exact) mass is 426 g/mol. The van der Waals surface area contributed by atoms with Crippen molar-refractivity contribution in [1.29, 1.82) is 0 Å². The van der Waals surface area contributed by atoms with Crippen molar-refractivity contribution in [2.24, 2.45) is 5.10 Å². The van der Waals surface area contributed by atoms with Crippen molar-refractivity contribution in [2.45, 2.75) is 0 Å². The van der Waals surface area contributed by atoms with Gasteiger partial charge in [0.2, 0.25) is 10.5 Å². The molecule has 3 aromatic rings. The fourth-order valence-electron chi connectivity index (χ4n) is 2.85. The average Bonchev–Trinajstić information content (AvgIpc) is 3.16. The van der Waals surface area contributed by atoms with E-state index < -0.39 is 0 Å². The molecule has 0 aliphatic rings. The number of nitrogens with zero attached hydrogens (tertiary/aromatic N) is 3. The predicted molar refractivity (Wildman–Crippen MR) is 118 cm³/mol. The van der Waals surface area contributed by atoms with Crippen LogP contribution in [0.4, 0.5) is 0 Å². The van der Waals surface area contributed by atoms with Crippen molar-refractivity contribution < 1.29 is 18.9 Å². The number of H-pyrrole nitrogens is 1. The zero-order valence-corrected chi connectivity index (χ0v) is 17.9. The molecule has 30 heavy (non-hydrogen) atoms. The highest BCUT2D eigenvalue weighted by atomic mass is 32.1. The molecule has 0 unspecified atom stereocenters. The van der Waals surface area contributed by atoms with Crippen molar-refractivity contribution in [3.05, 3.63) is 52.8 Å². The van der Waals surface area contributed by atoms with E-state index in [0.717, 1.165) is 11.3 Å². The first-order chi connectivity index (χ1) is 14.6. The second-order valence-electron chi connectivity index (χ2n) is 5.94. The Labute approximate surface area is 179 Å². The molecular weight excluding hydrogens is 404 g/mol. The van der Waals surface area contributed by atoms with E-state index in [1.54, 1.807) is 52.9 Å². The average molecular weight is 426 g/mol. The molecule has 0 spiro atoms. The van der Waals surface area contributed by atoms with E-state index in [-0.39, 0.29) is 0 Å². The number of nitrogens with one attached hydrogen (secondary N) is 1. The van der Waals surface area contributed by atoms with Gasteiger partial charge in [0.15, 0.2) is 17.3 Å². The molecule has 0 aliphatic heterocycles. The minimum atomic E-state index is 0.348. The zero-order chi connectivity index (χ0) is 21.5. The van der Waals surface area contributed by atoms with Gasteiger partial charge in [-0.3, -0.25) is 0 Å². The summed E-state index contributed by atoms with van der Waals surface area (Å²) >= 11 is 5.33. The number of ether oxygens (including phenoxy) is 4. The number of aromatic nitrogens is 3. The fraction of sp³-hybridized carbons (Fsp3) is 0.190. The molecule has 1 aromatic heterocycles. The molecule has 9 heteroatoms. The highest BCUT2D eigenvalue weighted by Crippen LogP contribution is 2.40. The van der Waals surface area contributed by atoms with E-state index in [0.29, 0.717) is 33.4 Å². The van der Waals surface area contributed by atoms with E-state index in [2.05, 4.69) is 15.3 Å². The first-order valence-electron chi connectivity index (χ1n) is 8.94. The van der Waals surface area contributed by atoms with Gasteiger partial charge in [-0.2, -0.15) is 14.9 Å². The summed E-state index contributed by atoms with van der Waals surface area (Å²) in [6, 6.07) is 11.3. The van der Waals surface area contributed by atoms with Gasteiger partial charge in [0.1, 0.15) is 5.75 Å². The Bertz CT molecular complexity index is 1110. The summed E-state index contributed by atoms with van der Waals surface area (Å²) in [5, 5.41) is 11.5. The first-order valence-corrected chi connectivity index (χ1v) is 9.35. The molecule has 1 N–H and O–H groups in total. The van der Waals surface area contributed by atoms with Crippen LogP contribution in [-0.2, 0) is 0 Å². The maximum atomic E-state index is 5.42. The van der Waals surface area contributed by atoms with Crippen LogP contribution in [0.15, 0.2) is 47.6 Å². The van der Waals surface area contributed by atoms with Crippen LogP contribution >= 0.6 is 12.2 Å². The Morgan fingerprint density at radius 1 is 0.967 bits per heavy atom. The Morgan fingerprint density at radius 3 is 2.27 bits per heavy atom. The molecule has 0 bridgehead atoms. The molecule has 0 aliphatic carbocycles. The molecule has 0 saturated heterocycles. The lowest BCUT2D eigenvalue weighted by Crippen LogP contribution is -1.98. The summed E-state index contributed by atoms with van der Waals surface area (Å²) in [4.78, 5) is 0. The molecule has 3 rings (SSSR count). The Hall–Kier alpha value is -3.59. The second-order valence-corrected chi connectivity index (χ2v) is 6.33. The normalized spacial score (nSPS) is 11.2. The van der Waals surface area contributed by atoms with Gasteiger partial charge in [-0.1, -0.05) is 18.2 Å². The van der Waals surface area contributed by atoms with Crippen molar-refractivity contribution >= 4 is 24.5 Å². The Kier molecular flexibility index (Phi) is 6.87. The SMILES string of the molecule is COc1ccccc1C=CC=Nn1c(-c2cc(OC)c(OC)c(OC)c2)n[nH]c1=S. The Balaban J connectivity index is 1.95. The van der Waals surface area contributed by atoms with Crippen LogP contribution in [0.25, 0.3) is 17.5 Å². The number of para-hydroxylation sites is 1. The largest absolute Gasteiger partial charge is 0.496 e. The van der Waals surface area contributed by atoms with E-state index >= 15 is 0 Å². The lowest BCUT2D eigenvalue weighted by Gasteiger charge is -2.13. The molecule has 1 heterocycles. The van der Waals surface area contributed by atoms with Crippen LogP contribution in [0.2, 0.25) is 0 Å². The van der Waals surface area contributed by atoms with Crippen LogP contribution < -0.4 is 18.9 Å². The number of rotatable bonds is 8. The van der Waals surface area contributed by atoms with Gasteiger partial charge in [-0.25, -0.2) is 5.10 Å². The molecule has 0 atom stereocenters. The Morgan fingerprint density at radius 2 is 1.63 bits per heavy atom. The lowest BCUT2D eigenvalue weighted by atomic mass is 10.1. The minimum absolute atomic E-state index is 0.348. The number of methoxy groups -OCH3 is 4. The quantitative estimate of drug-likeness (QED) is 0.430. The van der Waals surface area contributed by atoms with Crippen molar-refractivity contribution in [3.8, 4) is 34.4 Å². The van der Waals surface area contributed by atoms with Gasteiger partial charge >= 0.3 is 0 Å². The number of hydrogen-bond acceptors (Lipinski definition) is 7. The molecule has 0 saturated carbocycles. The molecule has 156 valence electrons. The number of aromatic amines is 1. The molecule has 0 amide bonds. The summed E-state index contributed by atoms with van der Waals surface area (Å²) < 4.78 is 23.4. The van der Waals surface area contributed by atoms with E-state index in [4.69, 9.17) is 31.2 Å². The number of hydrogen-bond donors (Lipinski definition) is 1. The predicted octanol–water partition coefficient (Wildman–Crippen LogP) is 4.19. The standard InChI is InChI=1S/C21H22N4O4S/c1-26-16-10-6-5-8-14(16)9-7-11-22-25-20(23-24-21(25)30)15-12-17(27-2)19(29-4)18(13-15)28-3/h5-13H,1-4H3,(H,24,30). The third-order valence-corrected chi connectivity index (χ3v) is 4.52. The van der Waals surface area contributed by atoms with Gasteiger partial charge in [0, 0.05) is 17.3 Å². The summed E-state index contributed by atoms with van der Waals surface area (Å²) in [6.45, 7) is 0. The third-order valence-electron chi connectivity index (χ3n) is 4.26. The van der Waals surface area contributed by atoms with E-state index in [1.165, 1.54) is 4.68 Å².